The number of carbonyl (C=O) groups excluding carboxylic acids is 2. The van der Waals surface area contributed by atoms with Gasteiger partial charge in [0.15, 0.2) is 10.8 Å². The van der Waals surface area contributed by atoms with Gasteiger partial charge in [0.05, 0.1) is 30.8 Å². The molecule has 4 rings (SSSR count). The number of piperidine rings is 1. The maximum Gasteiger partial charge on any atom is 0.348 e. The second-order valence-electron chi connectivity index (χ2n) is 8.77. The quantitative estimate of drug-likeness (QED) is 0.375. The van der Waals surface area contributed by atoms with Crippen LogP contribution >= 0.6 is 34.5 Å². The van der Waals surface area contributed by atoms with E-state index in [9.17, 15) is 19.5 Å². The third-order valence-electron chi connectivity index (χ3n) is 6.31. The molecule has 202 valence electrons. The average molecular weight is 577 g/mol. The Labute approximate surface area is 226 Å². The van der Waals surface area contributed by atoms with E-state index < -0.39 is 30.0 Å². The molecule has 0 aromatic carbocycles. The Morgan fingerprint density at radius 1 is 1.24 bits per heavy atom. The first kappa shape index (κ1) is 27.6. The van der Waals surface area contributed by atoms with Crippen molar-refractivity contribution in [1.82, 2.24) is 25.5 Å². The first-order valence-corrected chi connectivity index (χ1v) is 13.3. The first-order chi connectivity index (χ1) is 17.7. The summed E-state index contributed by atoms with van der Waals surface area (Å²) in [6, 6.07) is -0.788. The van der Waals surface area contributed by atoms with Crippen LogP contribution in [0.2, 0.25) is 10.2 Å². The molecule has 2 fully saturated rings. The number of aromatic carboxylic acids is 1. The van der Waals surface area contributed by atoms with Gasteiger partial charge >= 0.3 is 5.97 Å². The zero-order valence-corrected chi connectivity index (χ0v) is 22.3. The molecule has 4 heterocycles. The van der Waals surface area contributed by atoms with Gasteiger partial charge in [-0.25, -0.2) is 14.2 Å². The van der Waals surface area contributed by atoms with E-state index in [2.05, 4.69) is 25.5 Å². The zero-order chi connectivity index (χ0) is 26.7. The lowest BCUT2D eigenvalue weighted by atomic mass is 10.0. The number of hydrogen-bond acceptors (Lipinski definition) is 8. The lowest BCUT2D eigenvalue weighted by Crippen LogP contribution is -2.52. The standard InChI is InChI=1S/C22H27Cl2FN6O5S/c1-11-14(23)15(28-18(11)24)20(33)27-13-2-4-31(10-12(13)25)22-29-16(17(37-22)21(34)35)19(32)26-3-5-30-6-8-36-9-7-30/h12-13,28H,2-10H2,1H3,(H,26,32)(H,27,33)(H,34,35)/t12-,13+/m0/s1. The van der Waals surface area contributed by atoms with Crippen LogP contribution in [0, 0.1) is 6.92 Å². The van der Waals surface area contributed by atoms with Gasteiger partial charge in [0, 0.05) is 38.3 Å². The average Bonchev–Trinajstić information content (AvgIpc) is 3.44. The van der Waals surface area contributed by atoms with E-state index >= 15 is 4.39 Å². The number of rotatable bonds is 8. The van der Waals surface area contributed by atoms with Gasteiger partial charge in [-0.3, -0.25) is 14.5 Å². The van der Waals surface area contributed by atoms with Crippen LogP contribution in [0.1, 0.15) is 42.6 Å². The van der Waals surface area contributed by atoms with Crippen LogP contribution < -0.4 is 15.5 Å². The number of carbonyl (C=O) groups is 3. The minimum Gasteiger partial charge on any atom is -0.477 e. The zero-order valence-electron chi connectivity index (χ0n) is 20.0. The number of hydrogen-bond donors (Lipinski definition) is 4. The van der Waals surface area contributed by atoms with Gasteiger partial charge in [0.2, 0.25) is 0 Å². The van der Waals surface area contributed by atoms with Crippen LogP contribution in [0.15, 0.2) is 0 Å². The number of carboxylic acid groups (broad SMARTS) is 1. The summed E-state index contributed by atoms with van der Waals surface area (Å²) < 4.78 is 20.4. The Bertz CT molecular complexity index is 1170. The van der Waals surface area contributed by atoms with Crippen LogP contribution in [0.4, 0.5) is 9.52 Å². The number of nitrogens with one attached hydrogen (secondary N) is 3. The van der Waals surface area contributed by atoms with Crippen LogP contribution in [-0.4, -0.2) is 102 Å². The lowest BCUT2D eigenvalue weighted by Gasteiger charge is -2.34. The Kier molecular flexibility index (Phi) is 8.90. The Hall–Kier alpha value is -2.45. The van der Waals surface area contributed by atoms with E-state index in [0.29, 0.717) is 38.4 Å². The number of nitrogens with zero attached hydrogens (tertiary/aromatic N) is 3. The van der Waals surface area contributed by atoms with Crippen LogP contribution in [0.25, 0.3) is 0 Å². The monoisotopic (exact) mass is 576 g/mol. The first-order valence-electron chi connectivity index (χ1n) is 11.7. The predicted molar refractivity (Wildman–Crippen MR) is 137 cm³/mol. The molecule has 37 heavy (non-hydrogen) atoms. The van der Waals surface area contributed by atoms with Gasteiger partial charge in [-0.2, -0.15) is 0 Å². The van der Waals surface area contributed by atoms with Gasteiger partial charge in [-0.15, -0.1) is 0 Å². The number of aromatic amines is 1. The summed E-state index contributed by atoms with van der Waals surface area (Å²) in [6.45, 7) is 5.57. The summed E-state index contributed by atoms with van der Waals surface area (Å²) in [5, 5.41) is 15.6. The number of carboxylic acids is 1. The van der Waals surface area contributed by atoms with Crippen molar-refractivity contribution in [3.05, 3.63) is 32.0 Å². The number of anilines is 1. The highest BCUT2D eigenvalue weighted by molar-refractivity contribution is 7.17. The molecule has 0 aliphatic carbocycles. The molecule has 2 saturated heterocycles. The molecular weight excluding hydrogens is 550 g/mol. The predicted octanol–water partition coefficient (Wildman–Crippen LogP) is 2.19. The van der Waals surface area contributed by atoms with Crippen LogP contribution in [0.3, 0.4) is 0 Å². The number of aromatic nitrogens is 2. The van der Waals surface area contributed by atoms with E-state index in [1.807, 2.05) is 0 Å². The molecule has 2 aromatic rings. The van der Waals surface area contributed by atoms with Crippen molar-refractivity contribution in [3.8, 4) is 0 Å². The van der Waals surface area contributed by atoms with Crippen molar-refractivity contribution in [2.75, 3.05) is 57.4 Å². The van der Waals surface area contributed by atoms with E-state index in [1.54, 1.807) is 11.8 Å². The summed E-state index contributed by atoms with van der Waals surface area (Å²) in [5.74, 6) is -2.44. The summed E-state index contributed by atoms with van der Waals surface area (Å²) in [6.07, 6.45) is -1.23. The number of halogens is 3. The third-order valence-corrected chi connectivity index (χ3v) is 8.27. The number of alkyl halides is 1. The minimum absolute atomic E-state index is 0.0640. The maximum absolute atomic E-state index is 15.1. The molecule has 2 aliphatic heterocycles. The summed E-state index contributed by atoms with van der Waals surface area (Å²) in [4.78, 5) is 47.5. The molecule has 0 saturated carbocycles. The molecule has 15 heteroatoms. The molecular formula is C22H27Cl2FN6O5S. The van der Waals surface area contributed by atoms with Crippen LogP contribution in [-0.2, 0) is 4.74 Å². The van der Waals surface area contributed by atoms with Crippen molar-refractivity contribution < 1.29 is 28.6 Å². The van der Waals surface area contributed by atoms with Gasteiger partial charge in [-0.1, -0.05) is 34.5 Å². The van der Waals surface area contributed by atoms with E-state index in [4.69, 9.17) is 27.9 Å². The molecule has 2 atom stereocenters. The van der Waals surface area contributed by atoms with E-state index in [0.717, 1.165) is 24.4 Å². The molecule has 2 aromatic heterocycles. The normalized spacial score (nSPS) is 20.6. The Morgan fingerprint density at radius 2 is 1.97 bits per heavy atom. The topological polar surface area (TPSA) is 140 Å². The molecule has 11 nitrogen and oxygen atoms in total. The largest absolute Gasteiger partial charge is 0.477 e. The fraction of sp³-hybridized carbons (Fsp3) is 0.545. The molecule has 0 spiro atoms. The molecule has 0 radical (unpaired) electrons. The second kappa shape index (κ2) is 11.9. The van der Waals surface area contributed by atoms with Gasteiger partial charge in [0.25, 0.3) is 11.8 Å². The lowest BCUT2D eigenvalue weighted by molar-refractivity contribution is 0.0383. The van der Waals surface area contributed by atoms with Crippen molar-refractivity contribution in [2.45, 2.75) is 25.6 Å². The number of ether oxygens (including phenoxy) is 1. The minimum atomic E-state index is -1.47. The SMILES string of the molecule is Cc1c(Cl)[nH]c(C(=O)N[C@@H]2CCN(c3nc(C(=O)NCCN4CCOCC4)c(C(=O)O)s3)C[C@@H]2F)c1Cl. The Morgan fingerprint density at radius 3 is 2.59 bits per heavy atom. The molecule has 0 unspecified atom stereocenters. The number of amides is 2. The highest BCUT2D eigenvalue weighted by Gasteiger charge is 2.34. The smallest absolute Gasteiger partial charge is 0.348 e. The van der Waals surface area contributed by atoms with Crippen molar-refractivity contribution in [2.24, 2.45) is 0 Å². The maximum atomic E-state index is 15.1. The molecule has 4 N–H and O–H groups in total. The number of thiazole rings is 1. The van der Waals surface area contributed by atoms with E-state index in [-0.39, 0.29) is 44.5 Å². The highest BCUT2D eigenvalue weighted by Crippen LogP contribution is 2.31. The molecule has 2 aliphatic rings. The van der Waals surface area contributed by atoms with Gasteiger partial charge < -0.3 is 30.4 Å². The summed E-state index contributed by atoms with van der Waals surface area (Å²) in [5.41, 5.74) is 0.391. The summed E-state index contributed by atoms with van der Waals surface area (Å²) >= 11 is 12.9. The third kappa shape index (κ3) is 6.34. The molecule has 2 amide bonds. The Balaban J connectivity index is 1.36. The van der Waals surface area contributed by atoms with Gasteiger partial charge in [-0.05, 0) is 13.3 Å². The molecule has 0 bridgehead atoms. The fourth-order valence-corrected chi connectivity index (χ4v) is 5.56. The highest BCUT2D eigenvalue weighted by atomic mass is 35.5. The van der Waals surface area contributed by atoms with Crippen LogP contribution in [0.5, 0.6) is 0 Å². The summed E-state index contributed by atoms with van der Waals surface area (Å²) in [7, 11) is 0. The van der Waals surface area contributed by atoms with Crippen molar-refractivity contribution in [3.63, 3.8) is 0 Å². The van der Waals surface area contributed by atoms with E-state index in [1.165, 1.54) is 0 Å². The van der Waals surface area contributed by atoms with Crippen molar-refractivity contribution in [1.29, 1.82) is 0 Å². The second-order valence-corrected chi connectivity index (χ2v) is 10.5. The fourth-order valence-electron chi connectivity index (χ4n) is 4.16. The number of H-pyrrole nitrogens is 1. The number of morpholine rings is 1. The van der Waals surface area contributed by atoms with Crippen molar-refractivity contribution >= 4 is 57.5 Å². The van der Waals surface area contributed by atoms with Gasteiger partial charge in [0.1, 0.15) is 21.9 Å².